The van der Waals surface area contributed by atoms with Gasteiger partial charge in [0, 0.05) is 48.2 Å². The second kappa shape index (κ2) is 41.4. The fraction of sp³-hybridized carbons (Fsp3) is 0.667. The maximum atomic E-state index is 14.8. The number of ether oxygens (including phenoxy) is 1. The minimum absolute atomic E-state index is 0.0325. The van der Waals surface area contributed by atoms with E-state index >= 15 is 0 Å². The number of allylic oxidation sites excluding steroid dienone is 2. The molecule has 11 amide bonds. The smallest absolute Gasteiger partial charge is 0.410 e. The third-order valence-corrected chi connectivity index (χ3v) is 19.9. The summed E-state index contributed by atoms with van der Waals surface area (Å²) >= 11 is 0. The van der Waals surface area contributed by atoms with Crippen molar-refractivity contribution in [3.8, 4) is 11.1 Å². The topological polar surface area (TPSA) is 354 Å². The Morgan fingerprint density at radius 3 is 1.33 bits per heavy atom. The molecule has 0 fully saturated rings. The fourth-order valence-corrected chi connectivity index (χ4v) is 13.4. The number of carbonyl (C=O) groups is 12. The lowest BCUT2D eigenvalue weighted by Crippen LogP contribution is -2.63. The summed E-state index contributed by atoms with van der Waals surface area (Å²) in [6, 6.07) is 1.50. The van der Waals surface area contributed by atoms with Gasteiger partial charge in [-0.25, -0.2) is 9.59 Å². The Bertz CT molecular complexity index is 3290. The second-order valence-corrected chi connectivity index (χ2v) is 30.8. The summed E-state index contributed by atoms with van der Waals surface area (Å²) in [5.41, 5.74) is 4.18. The van der Waals surface area contributed by atoms with Crippen LogP contribution in [0.4, 0.5) is 4.79 Å². The van der Waals surface area contributed by atoms with Crippen LogP contribution in [-0.4, -0.2) is 243 Å². The normalized spacial score (nSPS) is 16.4. The van der Waals surface area contributed by atoms with Crippen molar-refractivity contribution in [1.82, 2.24) is 56.0 Å². The van der Waals surface area contributed by atoms with Gasteiger partial charge in [0.2, 0.25) is 59.1 Å². The first kappa shape index (κ1) is 90.8. The van der Waals surface area contributed by atoms with Crippen LogP contribution in [0.25, 0.3) is 11.1 Å². The number of nitrogens with zero attached hydrogens (tertiary/aromatic N) is 6. The molecule has 588 valence electrons. The molecule has 2 aromatic rings. The molecule has 0 saturated carbocycles. The van der Waals surface area contributed by atoms with Gasteiger partial charge in [0.15, 0.2) is 6.04 Å². The van der Waals surface area contributed by atoms with Gasteiger partial charge in [-0.2, -0.15) is 0 Å². The maximum Gasteiger partial charge on any atom is 0.410 e. The number of carboxylic acids is 1. The Balaban J connectivity index is 1.83. The number of likely N-dealkylation sites (N-methyl/N-ethyl adjacent to an activating group) is 6. The lowest BCUT2D eigenvalue weighted by Gasteiger charge is -2.40. The molecule has 105 heavy (non-hydrogen) atoms. The molecule has 0 saturated heterocycles. The fourth-order valence-electron chi connectivity index (χ4n) is 13.4. The van der Waals surface area contributed by atoms with E-state index in [1.807, 2.05) is 118 Å². The Labute approximate surface area is 623 Å². The third kappa shape index (κ3) is 24.5. The number of carbonyl (C=O) groups excluding carboxylic acids is 11. The summed E-state index contributed by atoms with van der Waals surface area (Å²) < 4.78 is 5.87. The molecular weight excluding hydrogens is 1350 g/mol. The van der Waals surface area contributed by atoms with Crippen LogP contribution in [-0.2, 0) is 57.5 Å². The first-order valence-electron chi connectivity index (χ1n) is 37.0. The van der Waals surface area contributed by atoms with E-state index in [0.717, 1.165) is 39.0 Å². The van der Waals surface area contributed by atoms with Gasteiger partial charge in [-0.1, -0.05) is 157 Å². The van der Waals surface area contributed by atoms with Crippen molar-refractivity contribution < 1.29 is 77.6 Å². The number of benzene rings is 2. The van der Waals surface area contributed by atoms with Gasteiger partial charge in [-0.3, -0.25) is 52.8 Å². The number of hydrogen-bond acceptors (Lipinski definition) is 15. The molecule has 1 unspecified atom stereocenters. The number of carboxylic acid groups (broad SMARTS) is 1. The molecule has 0 aliphatic heterocycles. The number of hydrogen-bond donors (Lipinski definition) is 8. The molecule has 0 spiro atoms. The molecule has 15 atom stereocenters. The summed E-state index contributed by atoms with van der Waals surface area (Å²) in [5.74, 6) is -11.4. The van der Waals surface area contributed by atoms with E-state index < -0.39 is 168 Å². The van der Waals surface area contributed by atoms with Gasteiger partial charge >= 0.3 is 12.1 Å². The van der Waals surface area contributed by atoms with Gasteiger partial charge in [0.1, 0.15) is 67.0 Å². The number of aliphatic hydroxyl groups is 2. The van der Waals surface area contributed by atoms with E-state index in [1.54, 1.807) is 46.8 Å². The SMILES string of the molecule is C/C=C/C[C@@H](C)[C@@H](O)[C@@H](C(=O)N[C@H](C(=O)O)[C@@H](C)O)N(C)C(=O)[C@H](C(C)C)N(C)C(=O)[C@H](CC(C)C)NC(=O)[C@H](CC(C)C)N(C)C(=O)[C@@H](C)NC(=O)[C@H](C)NC(=O)[C@H](CC(C)C)N(C)C(=O)[C@H](CC(C)C)NC(=O)[C@H](C(C)CC)N(C)C(=O)[C@@H](C)N(C)C(=O)OCC1c2ccccc2-c2ccccc21. The van der Waals surface area contributed by atoms with E-state index in [0.29, 0.717) is 6.42 Å². The average molecular weight is 1470 g/mol. The molecule has 0 bridgehead atoms. The van der Waals surface area contributed by atoms with Crippen LogP contribution < -0.4 is 26.6 Å². The highest BCUT2D eigenvalue weighted by molar-refractivity contribution is 5.99. The third-order valence-electron chi connectivity index (χ3n) is 19.9. The van der Waals surface area contributed by atoms with Gasteiger partial charge in [-0.15, -0.1) is 0 Å². The lowest BCUT2D eigenvalue weighted by atomic mass is 9.91. The van der Waals surface area contributed by atoms with Crippen molar-refractivity contribution >= 4 is 71.1 Å². The molecule has 1 aliphatic rings. The van der Waals surface area contributed by atoms with Gasteiger partial charge in [0.25, 0.3) is 0 Å². The monoisotopic (exact) mass is 1470 g/mol. The number of fused-ring (bicyclic) bond motifs is 3. The van der Waals surface area contributed by atoms with Gasteiger partial charge in [-0.05, 0) is 130 Å². The predicted molar refractivity (Wildman–Crippen MR) is 402 cm³/mol. The van der Waals surface area contributed by atoms with Crippen LogP contribution in [0, 0.1) is 41.4 Å². The summed E-state index contributed by atoms with van der Waals surface area (Å²) in [6.45, 7) is 30.7. The minimum atomic E-state index is -1.79. The number of nitrogens with one attached hydrogen (secondary N) is 5. The van der Waals surface area contributed by atoms with Crippen molar-refractivity contribution in [3.63, 3.8) is 0 Å². The largest absolute Gasteiger partial charge is 0.480 e. The van der Waals surface area contributed by atoms with Crippen molar-refractivity contribution in [2.45, 2.75) is 248 Å². The molecular formula is C78H125N11O16. The van der Waals surface area contributed by atoms with Crippen molar-refractivity contribution in [2.24, 2.45) is 41.4 Å². The number of amides is 11. The highest BCUT2D eigenvalue weighted by atomic mass is 16.6. The molecule has 0 heterocycles. The zero-order chi connectivity index (χ0) is 80.1. The van der Waals surface area contributed by atoms with E-state index in [2.05, 4.69) is 26.6 Å². The Hall–Kier alpha value is -8.46. The van der Waals surface area contributed by atoms with Crippen LogP contribution in [0.5, 0.6) is 0 Å². The van der Waals surface area contributed by atoms with Crippen molar-refractivity contribution in [2.75, 3.05) is 48.9 Å². The number of aliphatic hydroxyl groups excluding tert-OH is 2. The Kier molecular flexibility index (Phi) is 35.8. The summed E-state index contributed by atoms with van der Waals surface area (Å²) in [4.78, 5) is 178. The highest BCUT2D eigenvalue weighted by Gasteiger charge is 2.46. The van der Waals surface area contributed by atoms with Gasteiger partial charge in [0.05, 0.1) is 12.2 Å². The first-order chi connectivity index (χ1) is 48.9. The molecule has 3 rings (SSSR count). The zero-order valence-corrected chi connectivity index (χ0v) is 66.7. The van der Waals surface area contributed by atoms with Crippen molar-refractivity contribution in [3.05, 3.63) is 71.8 Å². The number of aliphatic carboxylic acids is 1. The maximum absolute atomic E-state index is 14.8. The number of rotatable bonds is 40. The van der Waals surface area contributed by atoms with Crippen LogP contribution in [0.1, 0.15) is 180 Å². The highest BCUT2D eigenvalue weighted by Crippen LogP contribution is 2.44. The van der Waals surface area contributed by atoms with E-state index in [1.165, 1.54) is 75.7 Å². The molecule has 8 N–H and O–H groups in total. The van der Waals surface area contributed by atoms with E-state index in [4.69, 9.17) is 4.74 Å². The predicted octanol–water partition coefficient (Wildman–Crippen LogP) is 6.17. The van der Waals surface area contributed by atoms with E-state index in [9.17, 15) is 72.9 Å². The van der Waals surface area contributed by atoms with Crippen molar-refractivity contribution in [1.29, 1.82) is 0 Å². The molecule has 27 heteroatoms. The summed E-state index contributed by atoms with van der Waals surface area (Å²) in [6.07, 6.45) is 0.830. The second-order valence-electron chi connectivity index (χ2n) is 30.8. The average Bonchev–Trinajstić information content (AvgIpc) is 1.62. The zero-order valence-electron chi connectivity index (χ0n) is 66.7. The molecule has 2 aromatic carbocycles. The van der Waals surface area contributed by atoms with Gasteiger partial charge < -0.3 is 71.1 Å². The summed E-state index contributed by atoms with van der Waals surface area (Å²) in [5, 5.41) is 45.1. The Morgan fingerprint density at radius 1 is 0.467 bits per heavy atom. The molecule has 0 aromatic heterocycles. The Morgan fingerprint density at radius 2 is 0.886 bits per heavy atom. The van der Waals surface area contributed by atoms with Crippen LogP contribution in [0.2, 0.25) is 0 Å². The summed E-state index contributed by atoms with van der Waals surface area (Å²) in [7, 11) is 8.39. The lowest BCUT2D eigenvalue weighted by molar-refractivity contribution is -0.155. The minimum Gasteiger partial charge on any atom is -0.480 e. The van der Waals surface area contributed by atoms with Crippen LogP contribution in [0.15, 0.2) is 60.7 Å². The molecule has 27 nitrogen and oxygen atoms in total. The van der Waals surface area contributed by atoms with E-state index in [-0.39, 0.29) is 68.3 Å². The molecule has 0 radical (unpaired) electrons. The molecule has 1 aliphatic carbocycles. The van der Waals surface area contributed by atoms with Crippen LogP contribution >= 0.6 is 0 Å². The quantitative estimate of drug-likeness (QED) is 0.0346. The van der Waals surface area contributed by atoms with Crippen LogP contribution in [0.3, 0.4) is 0 Å². The standard InChI is InChI=1S/C78H125N11O16/c1-25-27-32-48(14)66(91)65(71(96)83-62(52(18)90)77(102)103)89(24)76(101)63(46(11)12)87(22)75(100)59(38-43(5)6)81-69(94)61(40-45(9)10)85(20)72(97)50(16)80-67(92)49(15)79-68(93)60(39-44(7)8)86(21)74(99)58(37-42(3)4)82-70(95)64(47(13)26-2)88(23)73(98)51(17)84(19)78(104)105-41-57-55-35-30-28-33-53(55)54-34-29-31-36-56(54)57/h25,27-31,33-36,42-52,57-66,90-91H,26,32,37-41H2,1-24H3,(H,79,93)(H,80,92)(H,81,94)(H,82,95)(H,83,96)(H,102,103)/b27-25+/t47?,48-,49+,50-,51-,52-,58+,59+,60+,61+,62+,63+,64+,65+,66-/m1/s1. The first-order valence-corrected chi connectivity index (χ1v) is 37.0.